The Morgan fingerprint density at radius 1 is 1.41 bits per heavy atom. The number of benzene rings is 1. The molecular formula is C13H18N2OS. The summed E-state index contributed by atoms with van der Waals surface area (Å²) >= 11 is -1.11. The van der Waals surface area contributed by atoms with Crippen LogP contribution in [0.25, 0.3) is 0 Å². The summed E-state index contributed by atoms with van der Waals surface area (Å²) in [5.41, 5.74) is 1.60. The maximum atomic E-state index is 11.9. The third kappa shape index (κ3) is 4.04. The average Bonchev–Trinajstić information content (AvgIpc) is 2.27. The van der Waals surface area contributed by atoms with Gasteiger partial charge < -0.3 is 4.55 Å². The zero-order chi connectivity index (χ0) is 13.1. The Hall–Kier alpha value is -1.02. The van der Waals surface area contributed by atoms with Gasteiger partial charge in [-0.1, -0.05) is 12.1 Å². The van der Waals surface area contributed by atoms with Gasteiger partial charge in [-0.2, -0.15) is 5.26 Å². The smallest absolute Gasteiger partial charge is 0.136 e. The highest BCUT2D eigenvalue weighted by molar-refractivity contribution is 7.90. The van der Waals surface area contributed by atoms with Gasteiger partial charge in [-0.15, -0.1) is 4.72 Å². The van der Waals surface area contributed by atoms with Crippen molar-refractivity contribution in [1.29, 1.82) is 5.26 Å². The summed E-state index contributed by atoms with van der Waals surface area (Å²) in [7, 11) is 0. The highest BCUT2D eigenvalue weighted by Gasteiger charge is 2.28. The van der Waals surface area contributed by atoms with Crippen LogP contribution in [0, 0.1) is 11.3 Å². The van der Waals surface area contributed by atoms with E-state index >= 15 is 0 Å². The van der Waals surface area contributed by atoms with Crippen LogP contribution < -0.4 is 4.72 Å². The minimum Gasteiger partial charge on any atom is -0.598 e. The predicted molar refractivity (Wildman–Crippen MR) is 70.6 cm³/mol. The second-order valence-corrected chi connectivity index (χ2v) is 6.96. The van der Waals surface area contributed by atoms with Gasteiger partial charge in [0.2, 0.25) is 0 Å². The fourth-order valence-electron chi connectivity index (χ4n) is 1.28. The Bertz CT molecular complexity index is 420. The van der Waals surface area contributed by atoms with Gasteiger partial charge in [0.25, 0.3) is 0 Å². The number of hydrogen-bond donors (Lipinski definition) is 1. The Morgan fingerprint density at radius 3 is 2.59 bits per heavy atom. The lowest BCUT2D eigenvalue weighted by atomic mass is 10.1. The zero-order valence-electron chi connectivity index (χ0n) is 10.7. The van der Waals surface area contributed by atoms with E-state index in [1.165, 1.54) is 0 Å². The lowest BCUT2D eigenvalue weighted by Crippen LogP contribution is -2.40. The summed E-state index contributed by atoms with van der Waals surface area (Å²) in [5, 5.41) is 8.82. The lowest BCUT2D eigenvalue weighted by Gasteiger charge is -2.26. The van der Waals surface area contributed by atoms with Crippen LogP contribution >= 0.6 is 0 Å². The van der Waals surface area contributed by atoms with Crippen molar-refractivity contribution >= 4 is 11.4 Å². The maximum Gasteiger partial charge on any atom is 0.136 e. The topological polar surface area (TPSA) is 58.9 Å². The van der Waals surface area contributed by atoms with Crippen molar-refractivity contribution in [3.05, 3.63) is 35.4 Å². The normalized spacial score (nSPS) is 15.1. The molecule has 4 heteroatoms. The highest BCUT2D eigenvalue weighted by atomic mass is 32.2. The summed E-state index contributed by atoms with van der Waals surface area (Å²) in [5.74, 6) is 0. The predicted octanol–water partition coefficient (Wildman–Crippen LogP) is 2.67. The molecule has 92 valence electrons. The van der Waals surface area contributed by atoms with Gasteiger partial charge in [0, 0.05) is 11.4 Å². The van der Waals surface area contributed by atoms with Gasteiger partial charge in [-0.3, -0.25) is 0 Å². The van der Waals surface area contributed by atoms with Crippen LogP contribution in [0.4, 0.5) is 0 Å². The first-order valence-electron chi connectivity index (χ1n) is 5.52. The van der Waals surface area contributed by atoms with Crippen molar-refractivity contribution in [2.75, 3.05) is 0 Å². The summed E-state index contributed by atoms with van der Waals surface area (Å²) < 4.78 is 14.7. The van der Waals surface area contributed by atoms with Crippen molar-refractivity contribution in [2.45, 2.75) is 38.5 Å². The molecule has 0 aliphatic heterocycles. The van der Waals surface area contributed by atoms with Gasteiger partial charge >= 0.3 is 0 Å². The van der Waals surface area contributed by atoms with E-state index in [-0.39, 0.29) is 10.8 Å². The SMILES string of the molecule is C[C@@H](N[S@+]([O-])C(C)(C)C)c1cccc(C#N)c1. The molecule has 17 heavy (non-hydrogen) atoms. The molecule has 2 atom stereocenters. The molecule has 0 saturated heterocycles. The molecule has 1 aromatic rings. The van der Waals surface area contributed by atoms with E-state index in [0.717, 1.165) is 5.56 Å². The van der Waals surface area contributed by atoms with Crippen molar-refractivity contribution in [1.82, 2.24) is 4.72 Å². The minimum absolute atomic E-state index is 0.0386. The monoisotopic (exact) mass is 250 g/mol. The number of nitrogens with zero attached hydrogens (tertiary/aromatic N) is 1. The fourth-order valence-corrected chi connectivity index (χ4v) is 2.09. The van der Waals surface area contributed by atoms with Gasteiger partial charge in [-0.05, 0) is 45.4 Å². The number of rotatable bonds is 3. The van der Waals surface area contributed by atoms with Gasteiger partial charge in [0.05, 0.1) is 17.7 Å². The number of nitrogens with one attached hydrogen (secondary N) is 1. The Labute approximate surface area is 106 Å². The lowest BCUT2D eigenvalue weighted by molar-refractivity contribution is 0.531. The van der Waals surface area contributed by atoms with Crippen LogP contribution in [0.3, 0.4) is 0 Å². The second kappa shape index (κ2) is 5.54. The molecule has 0 fully saturated rings. The molecule has 1 rings (SSSR count). The standard InChI is InChI=1S/C13H18N2OS/c1-10(15-17(16)13(2,3)4)12-7-5-6-11(8-12)9-14/h5-8,10,15H,1-4H3/t10-,17-/m1/s1. The summed E-state index contributed by atoms with van der Waals surface area (Å²) in [6.45, 7) is 7.72. The van der Waals surface area contributed by atoms with E-state index < -0.39 is 11.4 Å². The summed E-state index contributed by atoms with van der Waals surface area (Å²) in [6, 6.07) is 9.41. The zero-order valence-corrected chi connectivity index (χ0v) is 11.5. The first kappa shape index (κ1) is 14.0. The molecule has 0 amide bonds. The molecule has 0 radical (unpaired) electrons. The number of hydrogen-bond acceptors (Lipinski definition) is 3. The van der Waals surface area contributed by atoms with Gasteiger partial charge in [0.15, 0.2) is 0 Å². The third-order valence-electron chi connectivity index (χ3n) is 2.36. The van der Waals surface area contributed by atoms with E-state index in [9.17, 15) is 4.55 Å². The van der Waals surface area contributed by atoms with E-state index in [1.807, 2.05) is 45.9 Å². The summed E-state index contributed by atoms with van der Waals surface area (Å²) in [6.07, 6.45) is 0. The molecule has 0 aliphatic carbocycles. The minimum atomic E-state index is -1.11. The second-order valence-electron chi connectivity index (χ2n) is 4.96. The fraction of sp³-hybridized carbons (Fsp3) is 0.462. The molecule has 0 unspecified atom stereocenters. The van der Waals surface area contributed by atoms with Crippen molar-refractivity contribution in [2.24, 2.45) is 0 Å². The Morgan fingerprint density at radius 2 is 2.06 bits per heavy atom. The van der Waals surface area contributed by atoms with Crippen LogP contribution in [0.2, 0.25) is 0 Å². The van der Waals surface area contributed by atoms with E-state index in [4.69, 9.17) is 5.26 Å². The molecule has 0 bridgehead atoms. The first-order chi connectivity index (χ1) is 7.84. The number of nitriles is 1. The third-order valence-corrected chi connectivity index (χ3v) is 4.04. The summed E-state index contributed by atoms with van der Waals surface area (Å²) in [4.78, 5) is 0. The van der Waals surface area contributed by atoms with E-state index in [0.29, 0.717) is 5.56 Å². The van der Waals surface area contributed by atoms with Crippen molar-refractivity contribution < 1.29 is 4.55 Å². The Kier molecular flexibility index (Phi) is 4.58. The van der Waals surface area contributed by atoms with Crippen molar-refractivity contribution in [3.8, 4) is 6.07 Å². The van der Waals surface area contributed by atoms with Crippen LogP contribution in [0.5, 0.6) is 0 Å². The molecule has 1 aromatic carbocycles. The van der Waals surface area contributed by atoms with Gasteiger partial charge in [0.1, 0.15) is 4.75 Å². The van der Waals surface area contributed by atoms with E-state index in [2.05, 4.69) is 10.8 Å². The molecule has 0 aromatic heterocycles. The molecule has 1 N–H and O–H groups in total. The molecule has 0 aliphatic rings. The van der Waals surface area contributed by atoms with E-state index in [1.54, 1.807) is 6.07 Å². The average molecular weight is 250 g/mol. The van der Waals surface area contributed by atoms with Gasteiger partial charge in [-0.25, -0.2) is 0 Å². The first-order valence-corrected chi connectivity index (χ1v) is 6.67. The van der Waals surface area contributed by atoms with Crippen molar-refractivity contribution in [3.63, 3.8) is 0 Å². The molecule has 3 nitrogen and oxygen atoms in total. The molecular weight excluding hydrogens is 232 g/mol. The largest absolute Gasteiger partial charge is 0.598 e. The maximum absolute atomic E-state index is 11.9. The highest BCUT2D eigenvalue weighted by Crippen LogP contribution is 2.20. The van der Waals surface area contributed by atoms with Crippen LogP contribution in [0.15, 0.2) is 24.3 Å². The Balaban J connectivity index is 2.77. The molecule has 0 spiro atoms. The quantitative estimate of drug-likeness (QED) is 0.839. The van der Waals surface area contributed by atoms with Crippen LogP contribution in [-0.4, -0.2) is 9.30 Å². The van der Waals surface area contributed by atoms with Crippen LogP contribution in [-0.2, 0) is 11.4 Å². The van der Waals surface area contributed by atoms with Crippen LogP contribution in [0.1, 0.15) is 44.9 Å². The molecule has 0 saturated carbocycles. The molecule has 0 heterocycles.